The summed E-state index contributed by atoms with van der Waals surface area (Å²) in [5.74, 6) is 0. The third-order valence-corrected chi connectivity index (χ3v) is 5.24. The number of anilines is 1. The van der Waals surface area contributed by atoms with Gasteiger partial charge in [0.05, 0.1) is 15.5 Å². The third-order valence-electron chi connectivity index (χ3n) is 2.86. The number of rotatable bonds is 6. The van der Waals surface area contributed by atoms with Gasteiger partial charge in [0.25, 0.3) is 0 Å². The number of hydrogen-bond acceptors (Lipinski definition) is 3. The molecule has 0 spiro atoms. The molecular formula is C15H16BrNO2S. The van der Waals surface area contributed by atoms with E-state index in [2.05, 4.69) is 21.2 Å². The van der Waals surface area contributed by atoms with Crippen molar-refractivity contribution in [3.05, 3.63) is 54.6 Å². The molecule has 2 aromatic carbocycles. The van der Waals surface area contributed by atoms with E-state index in [-0.39, 0.29) is 0 Å². The van der Waals surface area contributed by atoms with Crippen molar-refractivity contribution in [3.63, 3.8) is 0 Å². The molecule has 3 nitrogen and oxygen atoms in total. The maximum Gasteiger partial charge on any atom is 0.208 e. The first-order valence-corrected chi connectivity index (χ1v) is 8.96. The Morgan fingerprint density at radius 1 is 0.950 bits per heavy atom. The second-order valence-corrected chi connectivity index (χ2v) is 6.99. The van der Waals surface area contributed by atoms with Crippen LogP contribution in [0, 0.1) is 0 Å². The number of alkyl halides is 1. The van der Waals surface area contributed by atoms with Gasteiger partial charge in [0, 0.05) is 11.9 Å². The quantitative estimate of drug-likeness (QED) is 0.635. The molecule has 0 bridgehead atoms. The molecule has 0 fully saturated rings. The van der Waals surface area contributed by atoms with E-state index in [0.717, 1.165) is 18.3 Å². The molecule has 0 heterocycles. The van der Waals surface area contributed by atoms with E-state index in [4.69, 9.17) is 0 Å². The van der Waals surface area contributed by atoms with Gasteiger partial charge >= 0.3 is 0 Å². The summed E-state index contributed by atoms with van der Waals surface area (Å²) in [6.07, 6.45) is 0.930. The summed E-state index contributed by atoms with van der Waals surface area (Å²) in [7, 11) is -3.48. The molecule has 0 saturated carbocycles. The van der Waals surface area contributed by atoms with Gasteiger partial charge in [-0.2, -0.15) is 0 Å². The summed E-state index contributed by atoms with van der Waals surface area (Å²) in [5.41, 5.74) is 0.650. The maximum atomic E-state index is 12.6. The molecule has 2 aromatic rings. The molecule has 0 saturated heterocycles. The number of halogens is 1. The number of para-hydroxylation sites is 1. The third kappa shape index (κ3) is 3.41. The molecule has 5 heteroatoms. The molecule has 20 heavy (non-hydrogen) atoms. The minimum absolute atomic E-state index is 0.315. The highest BCUT2D eigenvalue weighted by molar-refractivity contribution is 9.09. The van der Waals surface area contributed by atoms with Crippen molar-refractivity contribution in [1.82, 2.24) is 0 Å². The van der Waals surface area contributed by atoms with Crippen LogP contribution in [0.4, 0.5) is 5.69 Å². The lowest BCUT2D eigenvalue weighted by Gasteiger charge is -2.12. The highest BCUT2D eigenvalue weighted by atomic mass is 79.9. The first kappa shape index (κ1) is 15.1. The van der Waals surface area contributed by atoms with Gasteiger partial charge in [-0.25, -0.2) is 8.42 Å². The summed E-state index contributed by atoms with van der Waals surface area (Å²) in [6.45, 7) is 0.729. The molecule has 0 aliphatic heterocycles. The van der Waals surface area contributed by atoms with Crippen LogP contribution in [0.25, 0.3) is 0 Å². The van der Waals surface area contributed by atoms with Crippen molar-refractivity contribution in [2.45, 2.75) is 16.2 Å². The molecule has 0 radical (unpaired) electrons. The Balaban J connectivity index is 2.37. The minimum Gasteiger partial charge on any atom is -0.384 e. The van der Waals surface area contributed by atoms with Gasteiger partial charge in [0.1, 0.15) is 0 Å². The smallest absolute Gasteiger partial charge is 0.208 e. The van der Waals surface area contributed by atoms with Crippen LogP contribution in [0.5, 0.6) is 0 Å². The van der Waals surface area contributed by atoms with Crippen LogP contribution < -0.4 is 5.32 Å². The van der Waals surface area contributed by atoms with Gasteiger partial charge in [-0.15, -0.1) is 0 Å². The molecular weight excluding hydrogens is 338 g/mol. The lowest BCUT2D eigenvalue weighted by molar-refractivity contribution is 0.596. The molecule has 0 unspecified atom stereocenters. The first-order valence-electron chi connectivity index (χ1n) is 6.35. The second-order valence-electron chi connectivity index (χ2n) is 4.28. The van der Waals surface area contributed by atoms with Crippen LogP contribution in [0.2, 0.25) is 0 Å². The normalized spacial score (nSPS) is 11.2. The van der Waals surface area contributed by atoms with Gasteiger partial charge in [0.2, 0.25) is 9.84 Å². The molecule has 0 aromatic heterocycles. The van der Waals surface area contributed by atoms with Crippen LogP contribution >= 0.6 is 15.9 Å². The molecule has 0 amide bonds. The van der Waals surface area contributed by atoms with Crippen molar-refractivity contribution in [3.8, 4) is 0 Å². The van der Waals surface area contributed by atoms with E-state index < -0.39 is 9.84 Å². The van der Waals surface area contributed by atoms with E-state index in [1.165, 1.54) is 0 Å². The van der Waals surface area contributed by atoms with Crippen LogP contribution in [-0.2, 0) is 9.84 Å². The van der Waals surface area contributed by atoms with E-state index in [1.807, 2.05) is 6.07 Å². The van der Waals surface area contributed by atoms with Gasteiger partial charge in [-0.05, 0) is 30.7 Å². The highest BCUT2D eigenvalue weighted by Crippen LogP contribution is 2.27. The number of benzene rings is 2. The largest absolute Gasteiger partial charge is 0.384 e. The van der Waals surface area contributed by atoms with Crippen molar-refractivity contribution in [2.24, 2.45) is 0 Å². The van der Waals surface area contributed by atoms with Crippen LogP contribution in [0.1, 0.15) is 6.42 Å². The number of hydrogen-bond donors (Lipinski definition) is 1. The fourth-order valence-electron chi connectivity index (χ4n) is 1.86. The zero-order chi connectivity index (χ0) is 14.4. The summed E-state index contributed by atoms with van der Waals surface area (Å²) >= 11 is 3.36. The van der Waals surface area contributed by atoms with E-state index in [9.17, 15) is 8.42 Å². The Kier molecular flexibility index (Phi) is 5.20. The van der Waals surface area contributed by atoms with E-state index in [0.29, 0.717) is 15.5 Å². The Labute approximate surface area is 128 Å². The Hall–Kier alpha value is -1.33. The molecule has 0 aliphatic rings. The maximum absolute atomic E-state index is 12.6. The lowest BCUT2D eigenvalue weighted by atomic mass is 10.3. The first-order chi connectivity index (χ1) is 9.66. The van der Waals surface area contributed by atoms with Crippen molar-refractivity contribution in [2.75, 3.05) is 17.2 Å². The number of sulfone groups is 1. The molecule has 1 N–H and O–H groups in total. The van der Waals surface area contributed by atoms with Gasteiger partial charge < -0.3 is 5.32 Å². The monoisotopic (exact) mass is 353 g/mol. The van der Waals surface area contributed by atoms with Crippen molar-refractivity contribution < 1.29 is 8.42 Å². The fourth-order valence-corrected chi connectivity index (χ4v) is 3.60. The second kappa shape index (κ2) is 6.90. The van der Waals surface area contributed by atoms with Crippen molar-refractivity contribution in [1.29, 1.82) is 0 Å². The van der Waals surface area contributed by atoms with Gasteiger partial charge in [-0.1, -0.05) is 46.3 Å². The lowest BCUT2D eigenvalue weighted by Crippen LogP contribution is -2.09. The number of nitrogens with one attached hydrogen (secondary N) is 1. The fraction of sp³-hybridized carbons (Fsp3) is 0.200. The van der Waals surface area contributed by atoms with Gasteiger partial charge in [0.15, 0.2) is 0 Å². The van der Waals surface area contributed by atoms with Crippen molar-refractivity contribution >= 4 is 31.5 Å². The summed E-state index contributed by atoms with van der Waals surface area (Å²) in [4.78, 5) is 0.635. The predicted octanol–water partition coefficient (Wildman–Crippen LogP) is 3.72. The molecule has 0 aliphatic carbocycles. The van der Waals surface area contributed by atoms with E-state index >= 15 is 0 Å². The summed E-state index contributed by atoms with van der Waals surface area (Å²) in [5, 5.41) is 4.06. The molecule has 106 valence electrons. The highest BCUT2D eigenvalue weighted by Gasteiger charge is 2.20. The molecule has 0 atom stereocenters. The summed E-state index contributed by atoms with van der Waals surface area (Å²) < 4.78 is 25.3. The average Bonchev–Trinajstić information content (AvgIpc) is 2.49. The zero-order valence-corrected chi connectivity index (χ0v) is 13.3. The average molecular weight is 354 g/mol. The van der Waals surface area contributed by atoms with Crippen LogP contribution in [0.15, 0.2) is 64.4 Å². The van der Waals surface area contributed by atoms with Crippen LogP contribution in [-0.4, -0.2) is 20.3 Å². The standard InChI is InChI=1S/C15H16BrNO2S/c16-11-6-12-17-14-9-4-5-10-15(14)20(18,19)13-7-2-1-3-8-13/h1-5,7-10,17H,6,11-12H2. The predicted molar refractivity (Wildman–Crippen MR) is 85.2 cm³/mol. The molecule has 2 rings (SSSR count). The summed E-state index contributed by atoms with van der Waals surface area (Å²) in [6, 6.07) is 15.5. The SMILES string of the molecule is O=S(=O)(c1ccccc1)c1ccccc1NCCCBr. The Morgan fingerprint density at radius 2 is 1.60 bits per heavy atom. The topological polar surface area (TPSA) is 46.2 Å². The Bertz CT molecular complexity index is 657. The minimum atomic E-state index is -3.48. The van der Waals surface area contributed by atoms with Crippen LogP contribution in [0.3, 0.4) is 0 Å². The van der Waals surface area contributed by atoms with E-state index in [1.54, 1.807) is 48.5 Å². The van der Waals surface area contributed by atoms with Gasteiger partial charge in [-0.3, -0.25) is 0 Å². The zero-order valence-electron chi connectivity index (χ0n) is 10.9. The Morgan fingerprint density at radius 3 is 2.30 bits per heavy atom.